The van der Waals surface area contributed by atoms with Gasteiger partial charge in [-0.3, -0.25) is 0 Å². The zero-order valence-electron chi connectivity index (χ0n) is 0.816. The van der Waals surface area contributed by atoms with Gasteiger partial charge in [-0.1, -0.05) is 0 Å². The summed E-state index contributed by atoms with van der Waals surface area (Å²) in [6, 6.07) is 0. The normalized spacial score (nSPS) is 1.00. The predicted octanol–water partition coefficient (Wildman–Crippen LogP) is -2.49. The Hall–Kier alpha value is 1.80. The van der Waals surface area contributed by atoms with E-state index in [0.29, 0.717) is 19.8 Å². The molecular formula is H6GeMgOW. The fraction of sp³-hybridized carbons (Fsp3) is 0. The van der Waals surface area contributed by atoms with E-state index in [1.807, 2.05) is 0 Å². The van der Waals surface area contributed by atoms with E-state index >= 15 is 0 Å². The minimum atomic E-state index is 0. The van der Waals surface area contributed by atoms with Crippen LogP contribution in [-0.4, -0.2) is 40.6 Å². The Morgan fingerprint density at radius 3 is 1.25 bits per heavy atom. The molecule has 0 unspecified atom stereocenters. The second-order valence-corrected chi connectivity index (χ2v) is 0. The van der Waals surface area contributed by atoms with E-state index in [1.54, 1.807) is 0 Å². The molecule has 0 saturated heterocycles. The molecule has 0 saturated carbocycles. The van der Waals surface area contributed by atoms with Crippen LogP contribution in [-0.2, 0) is 23.2 Å². The molecule has 0 aliphatic carbocycles. The summed E-state index contributed by atoms with van der Waals surface area (Å²) in [5.74, 6) is 0. The van der Waals surface area contributed by atoms with E-state index in [0.717, 1.165) is 0 Å². The van der Waals surface area contributed by atoms with Crippen molar-refractivity contribution in [2.75, 3.05) is 0 Å². The molecule has 0 rings (SSSR count). The average molecular weight is 303 g/mol. The molecule has 0 atom stereocenters. The predicted molar refractivity (Wildman–Crippen MR) is 20.6 cm³/mol. The number of hydrogen-bond acceptors (Lipinski definition) is 1. The van der Waals surface area contributed by atoms with Crippen LogP contribution in [0.1, 0.15) is 0 Å². The molecule has 4 heteroatoms. The Kier molecular flexibility index (Phi) is 91.3. The van der Waals surface area contributed by atoms with Gasteiger partial charge in [0.2, 0.25) is 0 Å². The van der Waals surface area contributed by atoms with Gasteiger partial charge in [-0.05, 0) is 0 Å². The molecule has 0 spiro atoms. The van der Waals surface area contributed by atoms with Crippen LogP contribution in [0.25, 0.3) is 0 Å². The second kappa shape index (κ2) is 21.4. The molecule has 0 N–H and O–H groups in total. The summed E-state index contributed by atoms with van der Waals surface area (Å²) in [5.41, 5.74) is 0. The molecule has 4 heavy (non-hydrogen) atoms. The molecule has 0 bridgehead atoms. The van der Waals surface area contributed by atoms with Gasteiger partial charge < -0.3 is 0 Å². The summed E-state index contributed by atoms with van der Waals surface area (Å²) in [5, 5.41) is 0. The molecule has 0 heterocycles. The van der Waals surface area contributed by atoms with E-state index in [1.165, 1.54) is 0 Å². The van der Waals surface area contributed by atoms with Gasteiger partial charge in [-0.25, -0.2) is 0 Å². The Morgan fingerprint density at radius 2 is 1.25 bits per heavy atom. The standard InChI is InChI=1S/GeH4.Mg.O.W.2H/h1H4;;;;;. The van der Waals surface area contributed by atoms with Crippen molar-refractivity contribution in [3.8, 4) is 0 Å². The van der Waals surface area contributed by atoms with Crippen LogP contribution in [0.4, 0.5) is 0 Å². The van der Waals surface area contributed by atoms with Crippen molar-refractivity contribution < 1.29 is 23.2 Å². The monoisotopic (exact) mass is 304 g/mol. The molecule has 0 aromatic rings. The van der Waals surface area contributed by atoms with E-state index in [-0.39, 0.29) is 40.6 Å². The van der Waals surface area contributed by atoms with Crippen molar-refractivity contribution in [1.29, 1.82) is 0 Å². The average Bonchev–Trinajstić information content (AvgIpc) is 1.00. The van der Waals surface area contributed by atoms with Gasteiger partial charge in [0.05, 0.1) is 0 Å². The van der Waals surface area contributed by atoms with E-state index < -0.39 is 0 Å². The number of hydrogen-bond donors (Lipinski definition) is 0. The summed E-state index contributed by atoms with van der Waals surface area (Å²) in [7, 11) is 0. The first-order valence-electron chi connectivity index (χ1n) is 0.167. The van der Waals surface area contributed by atoms with Gasteiger partial charge in [0.1, 0.15) is 0 Å². The van der Waals surface area contributed by atoms with Crippen LogP contribution in [0, 0.1) is 0 Å². The van der Waals surface area contributed by atoms with Crippen LogP contribution >= 0.6 is 0 Å². The van der Waals surface area contributed by atoms with E-state index in [4.69, 9.17) is 3.40 Å². The Morgan fingerprint density at radius 1 is 1.25 bits per heavy atom. The molecule has 0 radical (unpaired) electrons. The first kappa shape index (κ1) is 17.1. The van der Waals surface area contributed by atoms with Gasteiger partial charge in [-0.2, -0.15) is 0 Å². The van der Waals surface area contributed by atoms with Crippen molar-refractivity contribution in [3.05, 3.63) is 0 Å². The molecule has 0 fully saturated rings. The summed E-state index contributed by atoms with van der Waals surface area (Å²) in [6.45, 7) is 0. The fourth-order valence-corrected chi connectivity index (χ4v) is 0. The summed E-state index contributed by atoms with van der Waals surface area (Å²) >= 11 is 0.333. The first-order chi connectivity index (χ1) is 1.00. The second-order valence-electron chi connectivity index (χ2n) is 0. The van der Waals surface area contributed by atoms with E-state index in [2.05, 4.69) is 0 Å². The molecule has 24 valence electrons. The van der Waals surface area contributed by atoms with Gasteiger partial charge in [0, 0.05) is 0 Å². The third-order valence-corrected chi connectivity index (χ3v) is 0. The van der Waals surface area contributed by atoms with Crippen molar-refractivity contribution in [2.45, 2.75) is 0 Å². The van der Waals surface area contributed by atoms with E-state index in [9.17, 15) is 0 Å². The third kappa shape index (κ3) is 9.20. The van der Waals surface area contributed by atoms with Crippen molar-refractivity contribution >= 4 is 40.6 Å². The van der Waals surface area contributed by atoms with Crippen molar-refractivity contribution in [2.24, 2.45) is 0 Å². The molecule has 0 aromatic heterocycles. The molecule has 0 aromatic carbocycles. The van der Waals surface area contributed by atoms with Crippen molar-refractivity contribution in [3.63, 3.8) is 0 Å². The molecule has 1 nitrogen and oxygen atoms in total. The third-order valence-electron chi connectivity index (χ3n) is 0. The van der Waals surface area contributed by atoms with Crippen LogP contribution in [0.15, 0.2) is 0 Å². The topological polar surface area (TPSA) is 17.1 Å². The summed E-state index contributed by atoms with van der Waals surface area (Å²) in [4.78, 5) is 0. The first-order valence-corrected chi connectivity index (χ1v) is 1.36. The zero-order chi connectivity index (χ0) is 2.00. The van der Waals surface area contributed by atoms with Crippen LogP contribution in [0.3, 0.4) is 0 Å². The summed E-state index contributed by atoms with van der Waals surface area (Å²) < 4.78 is 8.33. The maximum absolute atomic E-state index is 8.33. The molecule has 0 amide bonds. The Bertz CT molecular complexity index is 8.00. The van der Waals surface area contributed by atoms with Gasteiger partial charge in [0.25, 0.3) is 0 Å². The Balaban J connectivity index is -0.00000000500. The quantitative estimate of drug-likeness (QED) is 0.453. The van der Waals surface area contributed by atoms with Gasteiger partial charge in [0.15, 0.2) is 0 Å². The van der Waals surface area contributed by atoms with Gasteiger partial charge >= 0.3 is 63.8 Å². The SMILES string of the molecule is [GeH4].[MgH2].[O]=[W]. The molecular weight excluding hydrogens is 297 g/mol. The minimum absolute atomic E-state index is 0. The van der Waals surface area contributed by atoms with Crippen LogP contribution < -0.4 is 0 Å². The molecule has 0 aliphatic heterocycles. The van der Waals surface area contributed by atoms with Gasteiger partial charge in [-0.15, -0.1) is 0 Å². The van der Waals surface area contributed by atoms with Crippen LogP contribution in [0.2, 0.25) is 0 Å². The maximum atomic E-state index is 8.33. The number of rotatable bonds is 0. The van der Waals surface area contributed by atoms with Crippen molar-refractivity contribution in [1.82, 2.24) is 0 Å². The Labute approximate surface area is 63.2 Å². The molecule has 0 aliphatic rings. The fourth-order valence-electron chi connectivity index (χ4n) is 0. The van der Waals surface area contributed by atoms with Crippen LogP contribution in [0.5, 0.6) is 0 Å². The summed E-state index contributed by atoms with van der Waals surface area (Å²) in [6.07, 6.45) is 0. The zero-order valence-corrected chi connectivity index (χ0v) is 3.75.